The molecule has 1 heterocycles. The average Bonchev–Trinajstić information content (AvgIpc) is 3.29. The third-order valence-electron chi connectivity index (χ3n) is 3.59. The maximum Gasteiger partial charge on any atom is 0.193 e. The largest absolute Gasteiger partial charge is 0.491 e. The number of benzene rings is 2. The van der Waals surface area contributed by atoms with Gasteiger partial charge in [-0.2, -0.15) is 0 Å². The summed E-state index contributed by atoms with van der Waals surface area (Å²) in [5.74, 6) is 0.827. The van der Waals surface area contributed by atoms with Crippen LogP contribution in [-0.2, 0) is 4.74 Å². The molecule has 0 aromatic heterocycles. The zero-order valence-electron chi connectivity index (χ0n) is 12.3. The smallest absolute Gasteiger partial charge is 0.193 e. The minimum Gasteiger partial charge on any atom is -0.491 e. The number of hydrogen-bond acceptors (Lipinski definition) is 3. The van der Waals surface area contributed by atoms with Crippen molar-refractivity contribution in [1.82, 2.24) is 0 Å². The van der Waals surface area contributed by atoms with E-state index in [1.54, 1.807) is 0 Å². The zero-order valence-corrected chi connectivity index (χ0v) is 12.3. The first-order valence-corrected chi connectivity index (χ1v) is 7.10. The summed E-state index contributed by atoms with van der Waals surface area (Å²) in [6, 6.07) is 13.2. The summed E-state index contributed by atoms with van der Waals surface area (Å²) < 4.78 is 10.7. The van der Waals surface area contributed by atoms with Gasteiger partial charge in [-0.3, -0.25) is 4.79 Å². The Kier molecular flexibility index (Phi) is 3.76. The molecule has 3 heteroatoms. The van der Waals surface area contributed by atoms with Crippen molar-refractivity contribution in [1.29, 1.82) is 0 Å². The van der Waals surface area contributed by atoms with Crippen LogP contribution < -0.4 is 4.74 Å². The van der Waals surface area contributed by atoms with Gasteiger partial charge in [-0.25, -0.2) is 0 Å². The fourth-order valence-corrected chi connectivity index (χ4v) is 2.19. The Morgan fingerprint density at radius 1 is 1.19 bits per heavy atom. The van der Waals surface area contributed by atoms with E-state index in [4.69, 9.17) is 9.47 Å². The van der Waals surface area contributed by atoms with E-state index in [0.29, 0.717) is 17.7 Å². The number of aryl methyl sites for hydroxylation is 2. The monoisotopic (exact) mass is 282 g/mol. The Labute approximate surface area is 124 Å². The fourth-order valence-electron chi connectivity index (χ4n) is 2.19. The first-order valence-electron chi connectivity index (χ1n) is 7.10. The molecule has 0 radical (unpaired) electrons. The van der Waals surface area contributed by atoms with Gasteiger partial charge in [0.25, 0.3) is 0 Å². The molecule has 21 heavy (non-hydrogen) atoms. The molecule has 0 spiro atoms. The molecule has 108 valence electrons. The molecule has 1 aliphatic heterocycles. The third-order valence-corrected chi connectivity index (χ3v) is 3.59. The van der Waals surface area contributed by atoms with Crippen molar-refractivity contribution in [2.45, 2.75) is 20.0 Å². The number of rotatable bonds is 5. The summed E-state index contributed by atoms with van der Waals surface area (Å²) >= 11 is 0. The molecule has 0 saturated carbocycles. The highest BCUT2D eigenvalue weighted by molar-refractivity contribution is 6.09. The average molecular weight is 282 g/mol. The van der Waals surface area contributed by atoms with E-state index in [2.05, 4.69) is 0 Å². The Morgan fingerprint density at radius 2 is 1.90 bits per heavy atom. The van der Waals surface area contributed by atoms with Crippen LogP contribution >= 0.6 is 0 Å². The predicted molar refractivity (Wildman–Crippen MR) is 81.0 cm³/mol. The van der Waals surface area contributed by atoms with Crippen LogP contribution in [0.1, 0.15) is 27.0 Å². The van der Waals surface area contributed by atoms with Crippen LogP contribution in [0.2, 0.25) is 0 Å². The maximum absolute atomic E-state index is 12.5. The number of ketones is 1. The Balaban J connectivity index is 1.77. The van der Waals surface area contributed by atoms with E-state index in [-0.39, 0.29) is 11.9 Å². The maximum atomic E-state index is 12.5. The van der Waals surface area contributed by atoms with Crippen LogP contribution in [0, 0.1) is 13.8 Å². The first-order chi connectivity index (χ1) is 10.1. The van der Waals surface area contributed by atoms with Crippen LogP contribution in [0.5, 0.6) is 5.75 Å². The molecule has 1 saturated heterocycles. The number of epoxide rings is 1. The fraction of sp³-hybridized carbons (Fsp3) is 0.278. The molecule has 0 N–H and O–H groups in total. The second kappa shape index (κ2) is 5.70. The lowest BCUT2D eigenvalue weighted by Gasteiger charge is -2.09. The van der Waals surface area contributed by atoms with Crippen LogP contribution in [0.25, 0.3) is 0 Å². The summed E-state index contributed by atoms with van der Waals surface area (Å²) in [5.41, 5.74) is 3.50. The number of hydrogen-bond donors (Lipinski definition) is 0. The molecule has 2 aromatic carbocycles. The van der Waals surface area contributed by atoms with Crippen molar-refractivity contribution in [3.05, 3.63) is 64.7 Å². The van der Waals surface area contributed by atoms with E-state index in [0.717, 1.165) is 23.5 Å². The zero-order chi connectivity index (χ0) is 14.8. The summed E-state index contributed by atoms with van der Waals surface area (Å²) in [5, 5.41) is 0. The van der Waals surface area contributed by atoms with Crippen LogP contribution in [0.3, 0.4) is 0 Å². The molecular formula is C18H18O3. The molecule has 1 atom stereocenters. The van der Waals surface area contributed by atoms with Crippen LogP contribution in [-0.4, -0.2) is 25.1 Å². The lowest BCUT2D eigenvalue weighted by molar-refractivity contribution is 0.103. The second-order valence-electron chi connectivity index (χ2n) is 5.44. The molecule has 0 aliphatic carbocycles. The third kappa shape index (κ3) is 3.31. The van der Waals surface area contributed by atoms with E-state index < -0.39 is 0 Å². The second-order valence-corrected chi connectivity index (χ2v) is 5.44. The standard InChI is InChI=1S/C18H18O3/c1-12-3-5-14(6-4-12)18(19)17-8-7-15(9-13(17)2)20-10-16-11-21-16/h3-9,16H,10-11H2,1-2H3. The predicted octanol–water partition coefficient (Wildman–Crippen LogP) is 3.31. The van der Waals surface area contributed by atoms with Crippen molar-refractivity contribution >= 4 is 5.78 Å². The van der Waals surface area contributed by atoms with Crippen molar-refractivity contribution in [3.63, 3.8) is 0 Å². The van der Waals surface area contributed by atoms with Crippen molar-refractivity contribution in [3.8, 4) is 5.75 Å². The van der Waals surface area contributed by atoms with Gasteiger partial charge in [-0.15, -0.1) is 0 Å². The van der Waals surface area contributed by atoms with Crippen molar-refractivity contribution in [2.24, 2.45) is 0 Å². The lowest BCUT2D eigenvalue weighted by atomic mass is 9.98. The van der Waals surface area contributed by atoms with Gasteiger partial charge in [-0.1, -0.05) is 29.8 Å². The van der Waals surface area contributed by atoms with Crippen molar-refractivity contribution in [2.75, 3.05) is 13.2 Å². The van der Waals surface area contributed by atoms with Gasteiger partial charge < -0.3 is 9.47 Å². The molecule has 0 amide bonds. The quantitative estimate of drug-likeness (QED) is 0.624. The SMILES string of the molecule is Cc1ccc(C(=O)c2ccc(OCC3CO3)cc2C)cc1. The van der Waals surface area contributed by atoms with Crippen LogP contribution in [0.15, 0.2) is 42.5 Å². The summed E-state index contributed by atoms with van der Waals surface area (Å²) in [4.78, 5) is 12.5. The molecule has 1 aliphatic rings. The Morgan fingerprint density at radius 3 is 2.52 bits per heavy atom. The van der Waals surface area contributed by atoms with E-state index in [1.165, 1.54) is 0 Å². The van der Waals surface area contributed by atoms with Gasteiger partial charge in [-0.05, 0) is 37.6 Å². The molecule has 3 nitrogen and oxygen atoms in total. The molecular weight excluding hydrogens is 264 g/mol. The van der Waals surface area contributed by atoms with Gasteiger partial charge in [0.1, 0.15) is 18.5 Å². The summed E-state index contributed by atoms with van der Waals surface area (Å²) in [7, 11) is 0. The van der Waals surface area contributed by atoms with Gasteiger partial charge in [0.15, 0.2) is 5.78 Å². The van der Waals surface area contributed by atoms with E-state index in [1.807, 2.05) is 56.3 Å². The Bertz CT molecular complexity index is 655. The number of carbonyl (C=O) groups excluding carboxylic acids is 1. The molecule has 1 unspecified atom stereocenters. The minimum absolute atomic E-state index is 0.0459. The van der Waals surface area contributed by atoms with Crippen molar-refractivity contribution < 1.29 is 14.3 Å². The Hall–Kier alpha value is -2.13. The lowest BCUT2D eigenvalue weighted by Crippen LogP contribution is -2.06. The normalized spacial score (nSPS) is 16.6. The number of carbonyl (C=O) groups is 1. The minimum atomic E-state index is 0.0459. The van der Waals surface area contributed by atoms with E-state index >= 15 is 0 Å². The molecule has 1 fully saturated rings. The highest BCUT2D eigenvalue weighted by Gasteiger charge is 2.23. The van der Waals surface area contributed by atoms with Gasteiger partial charge >= 0.3 is 0 Å². The summed E-state index contributed by atoms with van der Waals surface area (Å²) in [6.45, 7) is 5.30. The molecule has 3 rings (SSSR count). The molecule has 2 aromatic rings. The highest BCUT2D eigenvalue weighted by Crippen LogP contribution is 2.21. The topological polar surface area (TPSA) is 38.8 Å². The van der Waals surface area contributed by atoms with Gasteiger partial charge in [0.2, 0.25) is 0 Å². The first kappa shape index (κ1) is 13.8. The van der Waals surface area contributed by atoms with E-state index in [9.17, 15) is 4.79 Å². The van der Waals surface area contributed by atoms with Gasteiger partial charge in [0.05, 0.1) is 6.61 Å². The summed E-state index contributed by atoms with van der Waals surface area (Å²) in [6.07, 6.45) is 0.235. The molecule has 0 bridgehead atoms. The van der Waals surface area contributed by atoms with Crippen LogP contribution in [0.4, 0.5) is 0 Å². The number of ether oxygens (including phenoxy) is 2. The van der Waals surface area contributed by atoms with Gasteiger partial charge in [0, 0.05) is 11.1 Å². The highest BCUT2D eigenvalue weighted by atomic mass is 16.6.